The molecule has 0 rings (SSSR count). The molecule has 0 N–H and O–H groups in total. The molecule has 0 unspecified atom stereocenters. The standard InChI is InChI=1S/C18H37Cl.Na.H/c1-2-3-4-5-6-7-8-9-10-11-12-13-14-15-16-17-18-19;;/h2-18H2,1H3;;. The van der Waals surface area contributed by atoms with Crippen LogP contribution in [0, 0.1) is 0 Å². The Balaban J connectivity index is 0. The van der Waals surface area contributed by atoms with Gasteiger partial charge in [-0.05, 0) is 6.42 Å². The Bertz CT molecular complexity index is 134. The third-order valence-corrected chi connectivity index (χ3v) is 4.25. The van der Waals surface area contributed by atoms with Crippen LogP contribution in [0.15, 0.2) is 0 Å². The zero-order valence-corrected chi connectivity index (χ0v) is 14.2. The fourth-order valence-corrected chi connectivity index (χ4v) is 2.83. The Morgan fingerprint density at radius 2 is 0.700 bits per heavy atom. The van der Waals surface area contributed by atoms with E-state index in [-0.39, 0.29) is 29.6 Å². The topological polar surface area (TPSA) is 0 Å². The number of hydrogen-bond donors (Lipinski definition) is 0. The van der Waals surface area contributed by atoms with Crippen LogP contribution in [0.3, 0.4) is 0 Å². The van der Waals surface area contributed by atoms with Crippen molar-refractivity contribution in [3.8, 4) is 0 Å². The van der Waals surface area contributed by atoms with Crippen molar-refractivity contribution in [1.82, 2.24) is 0 Å². The van der Waals surface area contributed by atoms with Gasteiger partial charge < -0.3 is 0 Å². The molecule has 0 heterocycles. The summed E-state index contributed by atoms with van der Waals surface area (Å²) in [5.74, 6) is 0.846. The Kier molecular flexibility index (Phi) is 26.6. The molecule has 0 aliphatic carbocycles. The van der Waals surface area contributed by atoms with Crippen molar-refractivity contribution < 1.29 is 0 Å². The number of hydrogen-bond acceptors (Lipinski definition) is 0. The zero-order valence-electron chi connectivity index (χ0n) is 13.4. The van der Waals surface area contributed by atoms with Crippen LogP contribution in [0.4, 0.5) is 0 Å². The monoisotopic (exact) mass is 312 g/mol. The molecule has 0 atom stereocenters. The second-order valence-corrected chi connectivity index (χ2v) is 6.37. The summed E-state index contributed by atoms with van der Waals surface area (Å²) in [7, 11) is 0. The van der Waals surface area contributed by atoms with Crippen LogP contribution < -0.4 is 0 Å². The SMILES string of the molecule is CCCCCCCCCCCCCCCCCCCl.[NaH]. The van der Waals surface area contributed by atoms with Crippen LogP contribution in [0.2, 0.25) is 0 Å². The Labute approximate surface area is 156 Å². The van der Waals surface area contributed by atoms with Gasteiger partial charge in [-0.1, -0.05) is 103 Å². The molecule has 0 aliphatic heterocycles. The molecule has 0 amide bonds. The first-order valence-electron chi connectivity index (χ1n) is 8.97. The van der Waals surface area contributed by atoms with Crippen molar-refractivity contribution in [2.24, 2.45) is 0 Å². The van der Waals surface area contributed by atoms with Gasteiger partial charge in [0.25, 0.3) is 0 Å². The fraction of sp³-hybridized carbons (Fsp3) is 1.00. The van der Waals surface area contributed by atoms with E-state index in [0.717, 1.165) is 5.88 Å². The van der Waals surface area contributed by atoms with E-state index in [1.54, 1.807) is 0 Å². The number of alkyl halides is 1. The summed E-state index contributed by atoms with van der Waals surface area (Å²) in [6.07, 6.45) is 22.8. The van der Waals surface area contributed by atoms with Gasteiger partial charge in [0, 0.05) is 5.88 Å². The molecule has 0 aromatic rings. The van der Waals surface area contributed by atoms with Crippen LogP contribution in [-0.2, 0) is 0 Å². The molecule has 0 saturated carbocycles. The average Bonchev–Trinajstić information content (AvgIpc) is 2.43. The third-order valence-electron chi connectivity index (χ3n) is 3.99. The second kappa shape index (κ2) is 22.6. The van der Waals surface area contributed by atoms with Gasteiger partial charge in [0.2, 0.25) is 0 Å². The van der Waals surface area contributed by atoms with Crippen molar-refractivity contribution in [1.29, 1.82) is 0 Å². The quantitative estimate of drug-likeness (QED) is 0.166. The Morgan fingerprint density at radius 1 is 0.450 bits per heavy atom. The van der Waals surface area contributed by atoms with E-state index >= 15 is 0 Å². The molecule has 2 heteroatoms. The maximum absolute atomic E-state index is 5.66. The van der Waals surface area contributed by atoms with E-state index in [1.165, 1.54) is 103 Å². The van der Waals surface area contributed by atoms with Gasteiger partial charge in [0.15, 0.2) is 0 Å². The third kappa shape index (κ3) is 21.6. The van der Waals surface area contributed by atoms with Crippen molar-refractivity contribution in [2.75, 3.05) is 5.88 Å². The first-order chi connectivity index (χ1) is 9.41. The summed E-state index contributed by atoms with van der Waals surface area (Å²) in [4.78, 5) is 0. The molecule has 0 fully saturated rings. The predicted molar refractivity (Wildman–Crippen MR) is 97.4 cm³/mol. The summed E-state index contributed by atoms with van der Waals surface area (Å²) >= 11 is 5.66. The first kappa shape index (κ1) is 23.6. The molecule has 0 saturated heterocycles. The summed E-state index contributed by atoms with van der Waals surface area (Å²) in [6, 6.07) is 0. The summed E-state index contributed by atoms with van der Waals surface area (Å²) in [5.41, 5.74) is 0. The van der Waals surface area contributed by atoms with Gasteiger partial charge in [0.1, 0.15) is 0 Å². The van der Waals surface area contributed by atoms with Crippen LogP contribution in [0.1, 0.15) is 110 Å². The summed E-state index contributed by atoms with van der Waals surface area (Å²) < 4.78 is 0. The van der Waals surface area contributed by atoms with Gasteiger partial charge in [-0.15, -0.1) is 11.6 Å². The van der Waals surface area contributed by atoms with E-state index in [4.69, 9.17) is 11.6 Å². The molecule has 0 nitrogen and oxygen atoms in total. The Morgan fingerprint density at radius 3 is 0.950 bits per heavy atom. The molecule has 0 aliphatic rings. The number of rotatable bonds is 16. The maximum atomic E-state index is 5.66. The van der Waals surface area contributed by atoms with Crippen molar-refractivity contribution in [2.45, 2.75) is 110 Å². The van der Waals surface area contributed by atoms with Crippen LogP contribution in [0.25, 0.3) is 0 Å². The first-order valence-corrected chi connectivity index (χ1v) is 9.51. The van der Waals surface area contributed by atoms with Crippen LogP contribution >= 0.6 is 11.6 Å². The molecule has 0 spiro atoms. The average molecular weight is 313 g/mol. The Hall–Kier alpha value is 1.29. The number of halogens is 1. The van der Waals surface area contributed by atoms with Gasteiger partial charge in [-0.3, -0.25) is 0 Å². The van der Waals surface area contributed by atoms with E-state index in [2.05, 4.69) is 6.92 Å². The van der Waals surface area contributed by atoms with E-state index in [9.17, 15) is 0 Å². The van der Waals surface area contributed by atoms with E-state index < -0.39 is 0 Å². The van der Waals surface area contributed by atoms with Crippen LogP contribution in [0.5, 0.6) is 0 Å². The molecule has 0 bridgehead atoms. The molecular formula is C18H38ClNa. The fourth-order valence-electron chi connectivity index (χ4n) is 2.64. The van der Waals surface area contributed by atoms with Crippen molar-refractivity contribution >= 4 is 41.2 Å². The van der Waals surface area contributed by atoms with Crippen molar-refractivity contribution in [3.05, 3.63) is 0 Å². The molecule has 0 aromatic carbocycles. The minimum absolute atomic E-state index is 0. The predicted octanol–water partition coefficient (Wildman–Crippen LogP) is 6.84. The van der Waals surface area contributed by atoms with Gasteiger partial charge in [-0.25, -0.2) is 0 Å². The molecule has 0 aromatic heterocycles. The molecule has 118 valence electrons. The van der Waals surface area contributed by atoms with Crippen molar-refractivity contribution in [3.63, 3.8) is 0 Å². The molecule has 0 radical (unpaired) electrons. The second-order valence-electron chi connectivity index (χ2n) is 5.99. The zero-order chi connectivity index (χ0) is 14.0. The van der Waals surface area contributed by atoms with E-state index in [0.29, 0.717) is 0 Å². The van der Waals surface area contributed by atoms with Gasteiger partial charge in [-0.2, -0.15) is 0 Å². The van der Waals surface area contributed by atoms with E-state index in [1.807, 2.05) is 0 Å². The van der Waals surface area contributed by atoms with Gasteiger partial charge >= 0.3 is 29.6 Å². The minimum atomic E-state index is 0. The number of unbranched alkanes of at least 4 members (excludes halogenated alkanes) is 15. The normalized spacial score (nSPS) is 10.5. The summed E-state index contributed by atoms with van der Waals surface area (Å²) in [6.45, 7) is 2.29. The summed E-state index contributed by atoms with van der Waals surface area (Å²) in [5, 5.41) is 0. The molecular weight excluding hydrogens is 275 g/mol. The van der Waals surface area contributed by atoms with Crippen LogP contribution in [-0.4, -0.2) is 35.4 Å². The van der Waals surface area contributed by atoms with Gasteiger partial charge in [0.05, 0.1) is 0 Å². The molecule has 20 heavy (non-hydrogen) atoms.